The van der Waals surface area contributed by atoms with Gasteiger partial charge in [0.2, 0.25) is 5.91 Å². The maximum absolute atomic E-state index is 12.1. The molecule has 0 saturated carbocycles. The van der Waals surface area contributed by atoms with E-state index in [9.17, 15) is 9.59 Å². The maximum Gasteiger partial charge on any atom is 0.252 e. The molecule has 0 aliphatic heterocycles. The number of carbonyl (C=O) groups is 2. The molecule has 114 valence electrons. The van der Waals surface area contributed by atoms with Crippen LogP contribution in [0, 0.1) is 0 Å². The summed E-state index contributed by atoms with van der Waals surface area (Å²) in [4.78, 5) is 27.3. The molecule has 0 spiro atoms. The molecule has 0 unspecified atom stereocenters. The van der Waals surface area contributed by atoms with Crippen molar-refractivity contribution in [2.24, 2.45) is 5.73 Å². The Bertz CT molecular complexity index is 696. The van der Waals surface area contributed by atoms with Crippen LogP contribution in [-0.4, -0.2) is 27.9 Å². The third-order valence-corrected chi connectivity index (χ3v) is 3.15. The summed E-state index contributed by atoms with van der Waals surface area (Å²) in [5.41, 5.74) is 5.56. The predicted molar refractivity (Wildman–Crippen MR) is 83.7 cm³/mol. The van der Waals surface area contributed by atoms with E-state index in [-0.39, 0.29) is 17.0 Å². The van der Waals surface area contributed by atoms with Crippen molar-refractivity contribution in [2.45, 2.75) is 6.54 Å². The fourth-order valence-corrected chi connectivity index (χ4v) is 2.01. The summed E-state index contributed by atoms with van der Waals surface area (Å²) in [6, 6.07) is 4.40. The number of allylic oxidation sites excluding steroid dienone is 1. The largest absolute Gasteiger partial charge is 0.366 e. The Hall–Kier alpha value is -2.60. The number of nitrogens with zero attached hydrogens (tertiary/aromatic N) is 2. The molecule has 0 bridgehead atoms. The summed E-state index contributed by atoms with van der Waals surface area (Å²) in [6.07, 6.45) is 8.96. The minimum absolute atomic E-state index is 0.104. The van der Waals surface area contributed by atoms with Crippen LogP contribution in [0.3, 0.4) is 0 Å². The van der Waals surface area contributed by atoms with Crippen LogP contribution in [0.25, 0.3) is 0 Å². The minimum atomic E-state index is -0.691. The molecule has 0 aliphatic rings. The van der Waals surface area contributed by atoms with Gasteiger partial charge in [-0.1, -0.05) is 23.8 Å². The first-order valence-electron chi connectivity index (χ1n) is 6.56. The summed E-state index contributed by atoms with van der Waals surface area (Å²) in [6.45, 7) is 1.01. The van der Waals surface area contributed by atoms with Gasteiger partial charge in [-0.05, 0) is 18.2 Å². The lowest BCUT2D eigenvalue weighted by Gasteiger charge is -2.07. The van der Waals surface area contributed by atoms with Crippen molar-refractivity contribution in [1.82, 2.24) is 14.9 Å². The van der Waals surface area contributed by atoms with Crippen molar-refractivity contribution in [3.05, 3.63) is 65.2 Å². The van der Waals surface area contributed by atoms with Gasteiger partial charge in [0.05, 0.1) is 17.5 Å². The zero-order chi connectivity index (χ0) is 15.9. The molecule has 22 heavy (non-hydrogen) atoms. The summed E-state index contributed by atoms with van der Waals surface area (Å²) in [5.74, 6) is -1.07. The van der Waals surface area contributed by atoms with Crippen molar-refractivity contribution in [3.63, 3.8) is 0 Å². The highest BCUT2D eigenvalue weighted by atomic mass is 35.5. The first-order valence-corrected chi connectivity index (χ1v) is 6.94. The van der Waals surface area contributed by atoms with Gasteiger partial charge in [0, 0.05) is 30.5 Å². The Labute approximate surface area is 132 Å². The average Bonchev–Trinajstić information content (AvgIpc) is 2.99. The number of imidazole rings is 1. The average molecular weight is 319 g/mol. The van der Waals surface area contributed by atoms with E-state index in [1.165, 1.54) is 18.2 Å². The number of rotatable bonds is 6. The zero-order valence-corrected chi connectivity index (χ0v) is 12.5. The molecule has 1 aromatic carbocycles. The quantitative estimate of drug-likeness (QED) is 0.793. The van der Waals surface area contributed by atoms with Crippen LogP contribution in [0.5, 0.6) is 0 Å². The number of hydrogen-bond donors (Lipinski definition) is 2. The summed E-state index contributed by atoms with van der Waals surface area (Å²) in [7, 11) is 0. The third kappa shape index (κ3) is 4.20. The Morgan fingerprint density at radius 3 is 2.82 bits per heavy atom. The van der Waals surface area contributed by atoms with Crippen molar-refractivity contribution >= 4 is 23.4 Å². The fourth-order valence-electron chi connectivity index (χ4n) is 1.84. The molecule has 3 N–H and O–H groups in total. The van der Waals surface area contributed by atoms with E-state index in [0.29, 0.717) is 18.1 Å². The molecule has 2 rings (SSSR count). The highest BCUT2D eigenvalue weighted by Crippen LogP contribution is 2.15. The lowest BCUT2D eigenvalue weighted by molar-refractivity contribution is 0.0939. The van der Waals surface area contributed by atoms with Crippen molar-refractivity contribution in [3.8, 4) is 0 Å². The normalized spacial score (nSPS) is 10.8. The number of benzene rings is 1. The number of amides is 2. The molecule has 0 fully saturated rings. The molecule has 1 heterocycles. The molecule has 2 aromatic rings. The van der Waals surface area contributed by atoms with E-state index in [1.54, 1.807) is 12.5 Å². The molecular formula is C15H15ClN4O2. The van der Waals surface area contributed by atoms with Gasteiger partial charge in [-0.25, -0.2) is 4.98 Å². The standard InChI is InChI=1S/C15H15ClN4O2/c16-11-3-4-12(13(9-11)14(17)21)15(22)19-5-1-2-7-20-8-6-18-10-20/h1-4,6,8-10H,5,7H2,(H2,17,21)(H,19,22). The number of carbonyl (C=O) groups excluding carboxylic acids is 2. The van der Waals surface area contributed by atoms with Crippen molar-refractivity contribution in [2.75, 3.05) is 6.54 Å². The van der Waals surface area contributed by atoms with E-state index in [1.807, 2.05) is 22.9 Å². The van der Waals surface area contributed by atoms with Crippen LogP contribution >= 0.6 is 11.6 Å². The predicted octanol–water partition coefficient (Wildman–Crippen LogP) is 1.62. The van der Waals surface area contributed by atoms with Gasteiger partial charge < -0.3 is 15.6 Å². The van der Waals surface area contributed by atoms with Crippen LogP contribution in [0.1, 0.15) is 20.7 Å². The monoisotopic (exact) mass is 318 g/mol. The van der Waals surface area contributed by atoms with Crippen LogP contribution in [0.4, 0.5) is 0 Å². The third-order valence-electron chi connectivity index (χ3n) is 2.91. The first kappa shape index (κ1) is 15.8. The lowest BCUT2D eigenvalue weighted by atomic mass is 10.1. The molecule has 0 saturated heterocycles. The van der Waals surface area contributed by atoms with Crippen molar-refractivity contribution < 1.29 is 9.59 Å². The van der Waals surface area contributed by atoms with Crippen LogP contribution in [0.15, 0.2) is 49.1 Å². The molecular weight excluding hydrogens is 304 g/mol. The second-order valence-electron chi connectivity index (χ2n) is 4.50. The first-order chi connectivity index (χ1) is 10.6. The lowest BCUT2D eigenvalue weighted by Crippen LogP contribution is -2.27. The van der Waals surface area contributed by atoms with E-state index in [2.05, 4.69) is 10.3 Å². The molecule has 1 aromatic heterocycles. The van der Waals surface area contributed by atoms with Gasteiger partial charge in [0.25, 0.3) is 5.91 Å². The zero-order valence-electron chi connectivity index (χ0n) is 11.7. The Balaban J connectivity index is 1.92. The smallest absolute Gasteiger partial charge is 0.252 e. The summed E-state index contributed by atoms with van der Waals surface area (Å²) >= 11 is 5.80. The van der Waals surface area contributed by atoms with Gasteiger partial charge in [-0.3, -0.25) is 9.59 Å². The van der Waals surface area contributed by atoms with Gasteiger partial charge >= 0.3 is 0 Å². The number of hydrogen-bond acceptors (Lipinski definition) is 3. The molecule has 7 heteroatoms. The number of aromatic nitrogens is 2. The Morgan fingerprint density at radius 2 is 2.14 bits per heavy atom. The molecule has 0 aliphatic carbocycles. The van der Waals surface area contributed by atoms with Crippen LogP contribution < -0.4 is 11.1 Å². The van der Waals surface area contributed by atoms with E-state index in [0.717, 1.165) is 0 Å². The van der Waals surface area contributed by atoms with Gasteiger partial charge in [0.15, 0.2) is 0 Å². The van der Waals surface area contributed by atoms with E-state index in [4.69, 9.17) is 17.3 Å². The molecule has 6 nitrogen and oxygen atoms in total. The highest BCUT2D eigenvalue weighted by molar-refractivity contribution is 6.31. The highest BCUT2D eigenvalue weighted by Gasteiger charge is 2.14. The van der Waals surface area contributed by atoms with E-state index < -0.39 is 5.91 Å². The molecule has 0 radical (unpaired) electrons. The number of nitrogens with one attached hydrogen (secondary N) is 1. The minimum Gasteiger partial charge on any atom is -0.366 e. The van der Waals surface area contributed by atoms with Crippen LogP contribution in [-0.2, 0) is 6.54 Å². The second kappa shape index (κ2) is 7.42. The number of halogens is 1. The molecule has 0 atom stereocenters. The summed E-state index contributed by atoms with van der Waals surface area (Å²) in [5, 5.41) is 3.04. The Morgan fingerprint density at radius 1 is 1.32 bits per heavy atom. The number of nitrogens with two attached hydrogens (primary N) is 1. The fraction of sp³-hybridized carbons (Fsp3) is 0.133. The van der Waals surface area contributed by atoms with Gasteiger partial charge in [-0.2, -0.15) is 0 Å². The molecule has 2 amide bonds. The van der Waals surface area contributed by atoms with Gasteiger partial charge in [-0.15, -0.1) is 0 Å². The SMILES string of the molecule is NC(=O)c1cc(Cl)ccc1C(=O)NCC=CCn1ccnc1. The van der Waals surface area contributed by atoms with Gasteiger partial charge in [0.1, 0.15) is 0 Å². The second-order valence-corrected chi connectivity index (χ2v) is 4.93. The van der Waals surface area contributed by atoms with E-state index >= 15 is 0 Å². The van der Waals surface area contributed by atoms with Crippen LogP contribution in [0.2, 0.25) is 5.02 Å². The number of primary amides is 1. The summed E-state index contributed by atoms with van der Waals surface area (Å²) < 4.78 is 1.89. The van der Waals surface area contributed by atoms with Crippen molar-refractivity contribution in [1.29, 1.82) is 0 Å². The maximum atomic E-state index is 12.1. The Kier molecular flexibility index (Phi) is 5.32. The topological polar surface area (TPSA) is 90.0 Å².